The molecule has 2 aliphatic heterocycles. The number of β-lactam (4-membered cyclic amide) rings is 1. The van der Waals surface area contributed by atoms with Gasteiger partial charge in [0.2, 0.25) is 5.91 Å². The van der Waals surface area contributed by atoms with Crippen LogP contribution in [0.1, 0.15) is 42.6 Å². The normalized spacial score (nSPS) is 23.4. The van der Waals surface area contributed by atoms with Gasteiger partial charge in [0, 0.05) is 12.8 Å². The molecule has 1 saturated heterocycles. The van der Waals surface area contributed by atoms with Crippen molar-refractivity contribution < 1.29 is 34.1 Å². The molecule has 9 nitrogen and oxygen atoms in total. The Morgan fingerprint density at radius 3 is 2.60 bits per heavy atom. The SMILES string of the molecule is COc1cccc2c1C(=O)O[C@H]([C@H](CC(C)C)NC(=O)[C@@H](O)[C@@H](O)[C@@H]1CC(=O)N1)C2. The minimum atomic E-state index is -1.71. The quantitative estimate of drug-likeness (QED) is 0.341. The van der Waals surface area contributed by atoms with Gasteiger partial charge in [-0.1, -0.05) is 26.0 Å². The highest BCUT2D eigenvalue weighted by molar-refractivity contribution is 5.95. The van der Waals surface area contributed by atoms with E-state index in [9.17, 15) is 24.6 Å². The van der Waals surface area contributed by atoms with Crippen LogP contribution in [-0.4, -0.2) is 65.5 Å². The highest BCUT2D eigenvalue weighted by Gasteiger charge is 2.41. The maximum absolute atomic E-state index is 12.6. The second-order valence-corrected chi connectivity index (χ2v) is 8.20. The van der Waals surface area contributed by atoms with Gasteiger partial charge in [0.25, 0.3) is 5.91 Å². The lowest BCUT2D eigenvalue weighted by Gasteiger charge is -2.35. The minimum absolute atomic E-state index is 0.0553. The molecule has 2 aliphatic rings. The Morgan fingerprint density at radius 1 is 1.30 bits per heavy atom. The zero-order chi connectivity index (χ0) is 22.0. The third-order valence-corrected chi connectivity index (χ3v) is 5.47. The van der Waals surface area contributed by atoms with E-state index in [0.29, 0.717) is 24.2 Å². The fourth-order valence-corrected chi connectivity index (χ4v) is 3.87. The van der Waals surface area contributed by atoms with E-state index in [1.165, 1.54) is 7.11 Å². The number of rotatable bonds is 8. The Labute approximate surface area is 174 Å². The summed E-state index contributed by atoms with van der Waals surface area (Å²) < 4.78 is 10.9. The van der Waals surface area contributed by atoms with E-state index in [2.05, 4.69) is 10.6 Å². The molecule has 3 rings (SSSR count). The molecule has 5 atom stereocenters. The molecule has 0 saturated carbocycles. The summed E-state index contributed by atoms with van der Waals surface area (Å²) >= 11 is 0. The Kier molecular flexibility index (Phi) is 6.62. The topological polar surface area (TPSA) is 134 Å². The van der Waals surface area contributed by atoms with Crippen LogP contribution in [-0.2, 0) is 20.7 Å². The number of carbonyl (C=O) groups excluding carboxylic acids is 3. The van der Waals surface area contributed by atoms with E-state index in [-0.39, 0.29) is 18.2 Å². The van der Waals surface area contributed by atoms with Crippen molar-refractivity contribution >= 4 is 17.8 Å². The molecule has 2 amide bonds. The van der Waals surface area contributed by atoms with Crippen molar-refractivity contribution in [2.45, 2.75) is 63.5 Å². The molecule has 0 aromatic heterocycles. The Balaban J connectivity index is 1.73. The molecule has 9 heteroatoms. The first-order valence-electron chi connectivity index (χ1n) is 10.0. The Morgan fingerprint density at radius 2 is 2.00 bits per heavy atom. The summed E-state index contributed by atoms with van der Waals surface area (Å²) in [4.78, 5) is 36.2. The van der Waals surface area contributed by atoms with Crippen molar-refractivity contribution in [3.63, 3.8) is 0 Å². The smallest absolute Gasteiger partial charge is 0.342 e. The molecule has 2 heterocycles. The van der Waals surface area contributed by atoms with E-state index in [1.807, 2.05) is 19.9 Å². The molecule has 0 spiro atoms. The zero-order valence-electron chi connectivity index (χ0n) is 17.3. The second kappa shape index (κ2) is 9.01. The van der Waals surface area contributed by atoms with Crippen LogP contribution in [0.25, 0.3) is 0 Å². The van der Waals surface area contributed by atoms with Gasteiger partial charge < -0.3 is 30.3 Å². The first-order chi connectivity index (χ1) is 14.2. The summed E-state index contributed by atoms with van der Waals surface area (Å²) in [5, 5.41) is 25.5. The van der Waals surface area contributed by atoms with Gasteiger partial charge >= 0.3 is 5.97 Å². The van der Waals surface area contributed by atoms with Crippen LogP contribution in [0, 0.1) is 5.92 Å². The largest absolute Gasteiger partial charge is 0.496 e. The number of fused-ring (bicyclic) bond motifs is 1. The summed E-state index contributed by atoms with van der Waals surface area (Å²) in [5.74, 6) is -0.941. The van der Waals surface area contributed by atoms with Gasteiger partial charge in [-0.25, -0.2) is 4.79 Å². The number of cyclic esters (lactones) is 1. The molecule has 1 fully saturated rings. The lowest BCUT2D eigenvalue weighted by molar-refractivity contribution is -0.144. The maximum atomic E-state index is 12.6. The van der Waals surface area contributed by atoms with Gasteiger partial charge in [-0.3, -0.25) is 9.59 Å². The number of esters is 1. The van der Waals surface area contributed by atoms with Crippen LogP contribution < -0.4 is 15.4 Å². The zero-order valence-corrected chi connectivity index (χ0v) is 17.3. The predicted molar refractivity (Wildman–Crippen MR) is 106 cm³/mol. The number of ether oxygens (including phenoxy) is 2. The van der Waals surface area contributed by atoms with E-state index >= 15 is 0 Å². The molecule has 0 aliphatic carbocycles. The number of methoxy groups -OCH3 is 1. The van der Waals surface area contributed by atoms with Crippen LogP contribution >= 0.6 is 0 Å². The predicted octanol–water partition coefficient (Wildman–Crippen LogP) is -0.0821. The average molecular weight is 420 g/mol. The third kappa shape index (κ3) is 4.57. The van der Waals surface area contributed by atoms with Crippen molar-refractivity contribution in [2.75, 3.05) is 7.11 Å². The van der Waals surface area contributed by atoms with Gasteiger partial charge in [0.15, 0.2) is 6.10 Å². The van der Waals surface area contributed by atoms with Gasteiger partial charge in [-0.15, -0.1) is 0 Å². The fraction of sp³-hybridized carbons (Fsp3) is 0.571. The van der Waals surface area contributed by atoms with Gasteiger partial charge in [0.1, 0.15) is 23.5 Å². The third-order valence-electron chi connectivity index (χ3n) is 5.47. The Bertz CT molecular complexity index is 818. The van der Waals surface area contributed by atoms with Crippen molar-refractivity contribution in [3.05, 3.63) is 29.3 Å². The lowest BCUT2D eigenvalue weighted by atomic mass is 9.90. The second-order valence-electron chi connectivity index (χ2n) is 8.20. The summed E-state index contributed by atoms with van der Waals surface area (Å²) in [6.45, 7) is 3.94. The summed E-state index contributed by atoms with van der Waals surface area (Å²) in [6.07, 6.45) is -2.81. The molecule has 30 heavy (non-hydrogen) atoms. The van der Waals surface area contributed by atoms with Crippen LogP contribution in [0.3, 0.4) is 0 Å². The number of aliphatic hydroxyl groups excluding tert-OH is 2. The number of carbonyl (C=O) groups is 3. The maximum Gasteiger partial charge on any atom is 0.342 e. The van der Waals surface area contributed by atoms with Crippen molar-refractivity contribution in [1.82, 2.24) is 10.6 Å². The molecule has 1 aromatic rings. The minimum Gasteiger partial charge on any atom is -0.496 e. The molecule has 4 N–H and O–H groups in total. The van der Waals surface area contributed by atoms with Gasteiger partial charge in [-0.05, 0) is 24.0 Å². The molecular weight excluding hydrogens is 392 g/mol. The monoisotopic (exact) mass is 420 g/mol. The molecule has 1 aromatic carbocycles. The summed E-state index contributed by atoms with van der Waals surface area (Å²) in [6, 6.07) is 4.07. The lowest BCUT2D eigenvalue weighted by Crippen LogP contribution is -2.61. The van der Waals surface area contributed by atoms with Crippen LogP contribution in [0.4, 0.5) is 0 Å². The van der Waals surface area contributed by atoms with Crippen molar-refractivity contribution in [2.24, 2.45) is 5.92 Å². The fourth-order valence-electron chi connectivity index (χ4n) is 3.87. The highest BCUT2D eigenvalue weighted by Crippen LogP contribution is 2.31. The summed E-state index contributed by atoms with van der Waals surface area (Å²) in [7, 11) is 1.48. The molecule has 0 unspecified atom stereocenters. The van der Waals surface area contributed by atoms with Gasteiger partial charge in [-0.2, -0.15) is 0 Å². The van der Waals surface area contributed by atoms with E-state index in [0.717, 1.165) is 5.56 Å². The number of amides is 2. The summed E-state index contributed by atoms with van der Waals surface area (Å²) in [5.41, 5.74) is 1.14. The van der Waals surface area contributed by atoms with Crippen LogP contribution in [0.15, 0.2) is 18.2 Å². The van der Waals surface area contributed by atoms with E-state index in [4.69, 9.17) is 9.47 Å². The molecule has 0 bridgehead atoms. The first kappa shape index (κ1) is 22.0. The van der Waals surface area contributed by atoms with Crippen LogP contribution in [0.5, 0.6) is 5.75 Å². The number of aliphatic hydroxyl groups is 2. The first-order valence-corrected chi connectivity index (χ1v) is 10.0. The number of nitrogens with one attached hydrogen (secondary N) is 2. The van der Waals surface area contributed by atoms with Crippen molar-refractivity contribution in [3.8, 4) is 5.75 Å². The molecular formula is C21H28N2O7. The number of hydrogen-bond acceptors (Lipinski definition) is 7. The molecule has 164 valence electrons. The molecule has 0 radical (unpaired) electrons. The Hall–Kier alpha value is -2.65. The average Bonchev–Trinajstić information content (AvgIpc) is 2.68. The standard InChI is InChI=1S/C21H28N2O7/c1-10(2)7-12(23-20(27)19(26)18(25)13-9-16(24)22-13)15-8-11-5-4-6-14(29-3)17(11)21(28)30-15/h4-6,10,12-13,15,18-19,25-26H,7-9H2,1-3H3,(H,22,24)(H,23,27)/t12-,13-,15-,18-,19-/m0/s1. The number of benzene rings is 1. The van der Waals surface area contributed by atoms with Gasteiger partial charge in [0.05, 0.1) is 19.2 Å². The highest BCUT2D eigenvalue weighted by atomic mass is 16.5. The van der Waals surface area contributed by atoms with E-state index < -0.39 is 42.3 Å². The van der Waals surface area contributed by atoms with E-state index in [1.54, 1.807) is 12.1 Å². The van der Waals surface area contributed by atoms with Crippen LogP contribution in [0.2, 0.25) is 0 Å². The number of hydrogen-bond donors (Lipinski definition) is 4. The van der Waals surface area contributed by atoms with Crippen molar-refractivity contribution in [1.29, 1.82) is 0 Å².